The zero-order valence-electron chi connectivity index (χ0n) is 8.34. The van der Waals surface area contributed by atoms with Crippen molar-refractivity contribution in [3.8, 4) is 11.1 Å². The van der Waals surface area contributed by atoms with Crippen LogP contribution < -0.4 is 11.3 Å². The van der Waals surface area contributed by atoms with E-state index >= 15 is 0 Å². The van der Waals surface area contributed by atoms with Crippen LogP contribution in [0.15, 0.2) is 41.6 Å². The fourth-order valence-electron chi connectivity index (χ4n) is 1.44. The van der Waals surface area contributed by atoms with E-state index in [0.29, 0.717) is 0 Å². The Bertz CT molecular complexity index is 505. The number of aromatic nitrogens is 2. The van der Waals surface area contributed by atoms with Crippen molar-refractivity contribution in [2.75, 3.05) is 5.73 Å². The van der Waals surface area contributed by atoms with E-state index in [1.165, 1.54) is 4.57 Å². The fourth-order valence-corrected chi connectivity index (χ4v) is 1.44. The number of nitrogens with two attached hydrogens (primary N) is 1. The molecule has 0 fully saturated rings. The molecule has 4 heteroatoms. The average molecular weight is 201 g/mol. The molecule has 0 atom stereocenters. The number of nitrogen functional groups attached to an aromatic ring is 1. The predicted molar refractivity (Wildman–Crippen MR) is 59.3 cm³/mol. The molecule has 0 unspecified atom stereocenters. The zero-order valence-corrected chi connectivity index (χ0v) is 8.34. The summed E-state index contributed by atoms with van der Waals surface area (Å²) in [5, 5.41) is 0. The first-order valence-electron chi connectivity index (χ1n) is 4.55. The van der Waals surface area contributed by atoms with Crippen molar-refractivity contribution < 1.29 is 0 Å². The third-order valence-corrected chi connectivity index (χ3v) is 2.22. The third kappa shape index (κ3) is 1.74. The molecule has 2 aromatic heterocycles. The standard InChI is InChI=1S/C11H11N3O/c1-14-7-9(6-10(12)11(14)15)8-2-4-13-5-3-8/h2-7H,12H2,1H3. The van der Waals surface area contributed by atoms with Gasteiger partial charge in [-0.3, -0.25) is 9.78 Å². The second kappa shape index (κ2) is 3.57. The summed E-state index contributed by atoms with van der Waals surface area (Å²) in [5.74, 6) is 0. The minimum atomic E-state index is -0.173. The first-order valence-corrected chi connectivity index (χ1v) is 4.55. The SMILES string of the molecule is Cn1cc(-c2ccncc2)cc(N)c1=O. The van der Waals surface area contributed by atoms with Crippen LogP contribution in [0.25, 0.3) is 11.1 Å². The molecule has 0 spiro atoms. The van der Waals surface area contributed by atoms with Gasteiger partial charge in [0.1, 0.15) is 0 Å². The second-order valence-electron chi connectivity index (χ2n) is 3.34. The first kappa shape index (κ1) is 9.45. The molecule has 2 heterocycles. The van der Waals surface area contributed by atoms with Crippen LogP contribution in [0, 0.1) is 0 Å². The van der Waals surface area contributed by atoms with Crippen LogP contribution in [-0.2, 0) is 7.05 Å². The number of pyridine rings is 2. The second-order valence-corrected chi connectivity index (χ2v) is 3.34. The van der Waals surface area contributed by atoms with Gasteiger partial charge in [0.25, 0.3) is 5.56 Å². The average Bonchev–Trinajstić information content (AvgIpc) is 2.26. The first-order chi connectivity index (χ1) is 7.18. The lowest BCUT2D eigenvalue weighted by atomic mass is 10.1. The van der Waals surface area contributed by atoms with Crippen molar-refractivity contribution >= 4 is 5.69 Å². The van der Waals surface area contributed by atoms with Crippen LogP contribution in [0.2, 0.25) is 0 Å². The van der Waals surface area contributed by atoms with Crippen molar-refractivity contribution in [2.24, 2.45) is 7.05 Å². The number of nitrogens with zero attached hydrogens (tertiary/aromatic N) is 2. The Labute approximate surface area is 87.0 Å². The fraction of sp³-hybridized carbons (Fsp3) is 0.0909. The highest BCUT2D eigenvalue weighted by molar-refractivity contribution is 5.65. The van der Waals surface area contributed by atoms with Crippen LogP contribution in [0.1, 0.15) is 0 Å². The Kier molecular flexibility index (Phi) is 2.25. The Morgan fingerprint density at radius 1 is 1.27 bits per heavy atom. The molecule has 0 radical (unpaired) electrons. The number of hydrogen-bond donors (Lipinski definition) is 1. The number of hydrogen-bond acceptors (Lipinski definition) is 3. The van der Waals surface area contributed by atoms with E-state index in [0.717, 1.165) is 11.1 Å². The third-order valence-electron chi connectivity index (χ3n) is 2.22. The summed E-state index contributed by atoms with van der Waals surface area (Å²) < 4.78 is 1.48. The maximum Gasteiger partial charge on any atom is 0.273 e. The molecule has 0 saturated carbocycles. The highest BCUT2D eigenvalue weighted by Gasteiger charge is 2.02. The molecule has 2 aromatic rings. The van der Waals surface area contributed by atoms with E-state index in [-0.39, 0.29) is 11.2 Å². The van der Waals surface area contributed by atoms with Crippen molar-refractivity contribution in [3.05, 3.63) is 47.1 Å². The highest BCUT2D eigenvalue weighted by atomic mass is 16.1. The summed E-state index contributed by atoms with van der Waals surface area (Å²) >= 11 is 0. The van der Waals surface area contributed by atoms with E-state index in [9.17, 15) is 4.79 Å². The molecule has 0 saturated heterocycles. The Morgan fingerprint density at radius 2 is 1.93 bits per heavy atom. The van der Waals surface area contributed by atoms with E-state index in [1.54, 1.807) is 31.7 Å². The summed E-state index contributed by atoms with van der Waals surface area (Å²) in [6.07, 6.45) is 5.17. The van der Waals surface area contributed by atoms with Crippen LogP contribution >= 0.6 is 0 Å². The van der Waals surface area contributed by atoms with Crippen LogP contribution in [0.5, 0.6) is 0 Å². The largest absolute Gasteiger partial charge is 0.394 e. The van der Waals surface area contributed by atoms with Crippen LogP contribution in [-0.4, -0.2) is 9.55 Å². The van der Waals surface area contributed by atoms with Gasteiger partial charge in [-0.25, -0.2) is 0 Å². The van der Waals surface area contributed by atoms with E-state index < -0.39 is 0 Å². The minimum Gasteiger partial charge on any atom is -0.394 e. The molecule has 0 bridgehead atoms. The van der Waals surface area contributed by atoms with Gasteiger partial charge in [0.15, 0.2) is 0 Å². The molecule has 4 nitrogen and oxygen atoms in total. The van der Waals surface area contributed by atoms with Crippen molar-refractivity contribution in [2.45, 2.75) is 0 Å². The number of anilines is 1. The summed E-state index contributed by atoms with van der Waals surface area (Å²) in [7, 11) is 1.68. The Balaban J connectivity index is 2.61. The quantitative estimate of drug-likeness (QED) is 0.749. The van der Waals surface area contributed by atoms with Gasteiger partial charge in [-0.2, -0.15) is 0 Å². The van der Waals surface area contributed by atoms with Crippen molar-refractivity contribution in [3.63, 3.8) is 0 Å². The molecule has 0 aliphatic heterocycles. The molecule has 0 amide bonds. The summed E-state index contributed by atoms with van der Waals surface area (Å²) in [4.78, 5) is 15.3. The monoisotopic (exact) mass is 201 g/mol. The molecular formula is C11H11N3O. The number of rotatable bonds is 1. The molecular weight excluding hydrogens is 190 g/mol. The maximum atomic E-state index is 11.4. The smallest absolute Gasteiger partial charge is 0.273 e. The summed E-state index contributed by atoms with van der Waals surface area (Å²) in [5.41, 5.74) is 7.60. The molecule has 0 aliphatic rings. The Hall–Kier alpha value is -2.10. The van der Waals surface area contributed by atoms with Gasteiger partial charge >= 0.3 is 0 Å². The van der Waals surface area contributed by atoms with Crippen LogP contribution in [0.3, 0.4) is 0 Å². The van der Waals surface area contributed by atoms with Crippen LogP contribution in [0.4, 0.5) is 5.69 Å². The normalized spacial score (nSPS) is 10.2. The summed E-state index contributed by atoms with van der Waals surface area (Å²) in [6.45, 7) is 0. The van der Waals surface area contributed by atoms with Gasteiger partial charge < -0.3 is 10.3 Å². The molecule has 76 valence electrons. The topological polar surface area (TPSA) is 60.9 Å². The van der Waals surface area contributed by atoms with Gasteiger partial charge in [0.2, 0.25) is 0 Å². The maximum absolute atomic E-state index is 11.4. The van der Waals surface area contributed by atoms with Gasteiger partial charge in [-0.05, 0) is 23.8 Å². The Morgan fingerprint density at radius 3 is 2.53 bits per heavy atom. The van der Waals surface area contributed by atoms with E-state index in [2.05, 4.69) is 4.98 Å². The van der Waals surface area contributed by atoms with Crippen molar-refractivity contribution in [1.29, 1.82) is 0 Å². The number of aryl methyl sites for hydroxylation is 1. The molecule has 2 N–H and O–H groups in total. The molecule has 0 aromatic carbocycles. The van der Waals surface area contributed by atoms with E-state index in [4.69, 9.17) is 5.73 Å². The molecule has 15 heavy (non-hydrogen) atoms. The predicted octanol–water partition coefficient (Wildman–Crippen LogP) is 1.03. The van der Waals surface area contributed by atoms with E-state index in [1.807, 2.05) is 12.1 Å². The van der Waals surface area contributed by atoms with Gasteiger partial charge in [0, 0.05) is 31.2 Å². The molecule has 0 aliphatic carbocycles. The van der Waals surface area contributed by atoms with Gasteiger partial charge in [-0.1, -0.05) is 0 Å². The lowest BCUT2D eigenvalue weighted by Crippen LogP contribution is -2.19. The lowest BCUT2D eigenvalue weighted by Gasteiger charge is -2.05. The minimum absolute atomic E-state index is 0.173. The van der Waals surface area contributed by atoms with Crippen molar-refractivity contribution in [1.82, 2.24) is 9.55 Å². The molecule has 2 rings (SSSR count). The highest BCUT2D eigenvalue weighted by Crippen LogP contribution is 2.17. The zero-order chi connectivity index (χ0) is 10.8. The van der Waals surface area contributed by atoms with Gasteiger partial charge in [-0.15, -0.1) is 0 Å². The van der Waals surface area contributed by atoms with Gasteiger partial charge in [0.05, 0.1) is 5.69 Å². The lowest BCUT2D eigenvalue weighted by molar-refractivity contribution is 0.866. The summed E-state index contributed by atoms with van der Waals surface area (Å²) in [6, 6.07) is 5.43.